The van der Waals surface area contributed by atoms with E-state index < -0.39 is 0 Å². The molecule has 25 heavy (non-hydrogen) atoms. The van der Waals surface area contributed by atoms with E-state index in [-0.39, 0.29) is 6.79 Å². The highest BCUT2D eigenvalue weighted by molar-refractivity contribution is 5.62. The molecule has 0 saturated carbocycles. The molecule has 1 aliphatic rings. The molecular formula is C17H15N5O3. The molecule has 126 valence electrons. The molecule has 2 heterocycles. The van der Waals surface area contributed by atoms with Crippen molar-refractivity contribution in [2.75, 3.05) is 24.5 Å². The molecule has 2 aromatic carbocycles. The van der Waals surface area contributed by atoms with Gasteiger partial charge in [0.05, 0.1) is 13.3 Å². The average molecular weight is 337 g/mol. The van der Waals surface area contributed by atoms with E-state index in [1.165, 1.54) is 0 Å². The predicted molar refractivity (Wildman–Crippen MR) is 92.0 cm³/mol. The lowest BCUT2D eigenvalue weighted by molar-refractivity contribution is 0.174. The summed E-state index contributed by atoms with van der Waals surface area (Å²) < 4.78 is 15.8. The number of hydrogen-bond acceptors (Lipinski definition) is 8. The highest BCUT2D eigenvalue weighted by atomic mass is 16.7. The van der Waals surface area contributed by atoms with E-state index in [4.69, 9.17) is 14.2 Å². The first-order chi connectivity index (χ1) is 12.3. The number of benzene rings is 2. The van der Waals surface area contributed by atoms with Crippen LogP contribution in [-0.4, -0.2) is 29.1 Å². The van der Waals surface area contributed by atoms with Crippen molar-refractivity contribution in [3.05, 3.63) is 48.7 Å². The first-order valence-corrected chi connectivity index (χ1v) is 7.58. The van der Waals surface area contributed by atoms with Crippen LogP contribution in [0.15, 0.2) is 48.7 Å². The van der Waals surface area contributed by atoms with Crippen molar-refractivity contribution >= 4 is 23.1 Å². The SMILES string of the molecule is COc1ccc(Nc2cnnc(Nc3ccc4c(c3)OCO4)n2)cc1. The molecule has 0 aliphatic carbocycles. The molecule has 0 fully saturated rings. The molecule has 0 amide bonds. The first-order valence-electron chi connectivity index (χ1n) is 7.58. The van der Waals surface area contributed by atoms with Crippen molar-refractivity contribution in [2.45, 2.75) is 0 Å². The summed E-state index contributed by atoms with van der Waals surface area (Å²) >= 11 is 0. The van der Waals surface area contributed by atoms with Crippen molar-refractivity contribution in [2.24, 2.45) is 0 Å². The minimum atomic E-state index is 0.234. The van der Waals surface area contributed by atoms with E-state index in [2.05, 4.69) is 25.8 Å². The second-order valence-corrected chi connectivity index (χ2v) is 5.21. The van der Waals surface area contributed by atoms with Crippen molar-refractivity contribution in [3.8, 4) is 17.2 Å². The van der Waals surface area contributed by atoms with E-state index >= 15 is 0 Å². The Kier molecular flexibility index (Phi) is 3.91. The van der Waals surface area contributed by atoms with Gasteiger partial charge in [-0.1, -0.05) is 0 Å². The fourth-order valence-electron chi connectivity index (χ4n) is 2.34. The lowest BCUT2D eigenvalue weighted by Crippen LogP contribution is -2.02. The van der Waals surface area contributed by atoms with Gasteiger partial charge in [-0.2, -0.15) is 10.1 Å². The Hall–Kier alpha value is -3.55. The summed E-state index contributed by atoms with van der Waals surface area (Å²) in [6, 6.07) is 13.0. The minimum Gasteiger partial charge on any atom is -0.497 e. The van der Waals surface area contributed by atoms with Crippen LogP contribution in [0.25, 0.3) is 0 Å². The maximum atomic E-state index is 5.36. The van der Waals surface area contributed by atoms with E-state index in [1.54, 1.807) is 13.3 Å². The van der Waals surface area contributed by atoms with Crippen molar-refractivity contribution in [1.82, 2.24) is 15.2 Å². The van der Waals surface area contributed by atoms with Gasteiger partial charge in [-0.3, -0.25) is 0 Å². The molecule has 3 aromatic rings. The highest BCUT2D eigenvalue weighted by Crippen LogP contribution is 2.34. The average Bonchev–Trinajstić information content (AvgIpc) is 3.10. The number of ether oxygens (including phenoxy) is 3. The monoisotopic (exact) mass is 337 g/mol. The first kappa shape index (κ1) is 15.0. The molecule has 0 spiro atoms. The topological polar surface area (TPSA) is 90.4 Å². The van der Waals surface area contributed by atoms with Gasteiger partial charge >= 0.3 is 0 Å². The van der Waals surface area contributed by atoms with Gasteiger partial charge in [0.15, 0.2) is 17.3 Å². The Bertz CT molecular complexity index is 886. The van der Waals surface area contributed by atoms with E-state index in [0.717, 1.165) is 22.9 Å². The summed E-state index contributed by atoms with van der Waals surface area (Å²) in [5, 5.41) is 14.2. The molecule has 0 unspecified atom stereocenters. The van der Waals surface area contributed by atoms with E-state index in [1.807, 2.05) is 42.5 Å². The molecule has 0 saturated heterocycles. The van der Waals surface area contributed by atoms with Gasteiger partial charge in [0.25, 0.3) is 0 Å². The highest BCUT2D eigenvalue weighted by Gasteiger charge is 2.13. The van der Waals surface area contributed by atoms with Gasteiger partial charge in [-0.05, 0) is 36.4 Å². The Morgan fingerprint density at radius 3 is 2.60 bits per heavy atom. The maximum absolute atomic E-state index is 5.36. The largest absolute Gasteiger partial charge is 0.497 e. The zero-order chi connectivity index (χ0) is 17.1. The number of methoxy groups -OCH3 is 1. The Morgan fingerprint density at radius 2 is 1.76 bits per heavy atom. The minimum absolute atomic E-state index is 0.234. The van der Waals surface area contributed by atoms with Crippen LogP contribution < -0.4 is 24.8 Å². The number of aromatic nitrogens is 3. The van der Waals surface area contributed by atoms with Crippen LogP contribution in [0.3, 0.4) is 0 Å². The van der Waals surface area contributed by atoms with Crippen LogP contribution in [-0.2, 0) is 0 Å². The number of nitrogens with zero attached hydrogens (tertiary/aromatic N) is 3. The number of nitrogens with one attached hydrogen (secondary N) is 2. The van der Waals surface area contributed by atoms with Crippen LogP contribution >= 0.6 is 0 Å². The summed E-state index contributed by atoms with van der Waals surface area (Å²) in [5.74, 6) is 3.14. The van der Waals surface area contributed by atoms with Gasteiger partial charge in [0, 0.05) is 17.4 Å². The van der Waals surface area contributed by atoms with Crippen LogP contribution in [0, 0.1) is 0 Å². The third-order valence-corrected chi connectivity index (χ3v) is 3.55. The smallest absolute Gasteiger partial charge is 0.249 e. The maximum Gasteiger partial charge on any atom is 0.249 e. The van der Waals surface area contributed by atoms with Gasteiger partial charge in [-0.25, -0.2) is 0 Å². The van der Waals surface area contributed by atoms with Crippen molar-refractivity contribution < 1.29 is 14.2 Å². The number of hydrogen-bond donors (Lipinski definition) is 2. The zero-order valence-corrected chi connectivity index (χ0v) is 13.4. The summed E-state index contributed by atoms with van der Waals surface area (Å²) in [4.78, 5) is 4.40. The van der Waals surface area contributed by atoms with Crippen LogP contribution in [0.2, 0.25) is 0 Å². The van der Waals surface area contributed by atoms with E-state index in [0.29, 0.717) is 17.5 Å². The molecule has 8 nitrogen and oxygen atoms in total. The zero-order valence-electron chi connectivity index (χ0n) is 13.4. The number of rotatable bonds is 5. The fourth-order valence-corrected chi connectivity index (χ4v) is 2.34. The molecule has 0 radical (unpaired) electrons. The molecule has 0 atom stereocenters. The molecule has 8 heteroatoms. The Labute approximate surface area is 143 Å². The standard InChI is InChI=1S/C17H15N5O3/c1-23-13-5-2-11(3-6-13)19-16-9-18-22-17(21-16)20-12-4-7-14-15(8-12)25-10-24-14/h2-9H,10H2,1H3,(H2,19,20,21,22). The summed E-state index contributed by atoms with van der Waals surface area (Å²) in [6.45, 7) is 0.234. The third kappa shape index (κ3) is 3.37. The summed E-state index contributed by atoms with van der Waals surface area (Å²) in [7, 11) is 1.63. The van der Waals surface area contributed by atoms with Gasteiger partial charge in [0.2, 0.25) is 12.7 Å². The Morgan fingerprint density at radius 1 is 0.960 bits per heavy atom. The normalized spacial score (nSPS) is 11.9. The molecule has 0 bridgehead atoms. The molecule has 2 N–H and O–H groups in total. The number of fused-ring (bicyclic) bond motifs is 1. The van der Waals surface area contributed by atoms with E-state index in [9.17, 15) is 0 Å². The van der Waals surface area contributed by atoms with Crippen molar-refractivity contribution in [1.29, 1.82) is 0 Å². The van der Waals surface area contributed by atoms with Crippen LogP contribution in [0.5, 0.6) is 17.2 Å². The van der Waals surface area contributed by atoms with Gasteiger partial charge < -0.3 is 24.8 Å². The molecule has 1 aromatic heterocycles. The lowest BCUT2D eigenvalue weighted by Gasteiger charge is -2.08. The third-order valence-electron chi connectivity index (χ3n) is 3.55. The number of anilines is 4. The Balaban J connectivity index is 1.49. The predicted octanol–water partition coefficient (Wildman–Crippen LogP) is 3.10. The second-order valence-electron chi connectivity index (χ2n) is 5.21. The molecular weight excluding hydrogens is 322 g/mol. The summed E-state index contributed by atoms with van der Waals surface area (Å²) in [6.07, 6.45) is 1.55. The van der Waals surface area contributed by atoms with Crippen LogP contribution in [0.1, 0.15) is 0 Å². The van der Waals surface area contributed by atoms with Gasteiger partial charge in [-0.15, -0.1) is 5.10 Å². The fraction of sp³-hybridized carbons (Fsp3) is 0.118. The quantitative estimate of drug-likeness (QED) is 0.734. The molecule has 1 aliphatic heterocycles. The van der Waals surface area contributed by atoms with Gasteiger partial charge in [0.1, 0.15) is 5.75 Å². The van der Waals surface area contributed by atoms with Crippen molar-refractivity contribution in [3.63, 3.8) is 0 Å². The second kappa shape index (κ2) is 6.52. The molecule has 4 rings (SSSR count). The van der Waals surface area contributed by atoms with Crippen LogP contribution in [0.4, 0.5) is 23.1 Å². The summed E-state index contributed by atoms with van der Waals surface area (Å²) in [5.41, 5.74) is 1.66. The lowest BCUT2D eigenvalue weighted by atomic mass is 10.3.